The van der Waals surface area contributed by atoms with Crippen molar-refractivity contribution in [1.82, 2.24) is 23.9 Å². The Morgan fingerprint density at radius 3 is 2.38 bits per heavy atom. The minimum absolute atomic E-state index is 0.0432. The highest BCUT2D eigenvalue weighted by atomic mass is 127. The number of carbonyl (C=O) groups excluding carboxylic acids is 1. The number of nitrogens with zero attached hydrogens (tertiary/aromatic N) is 5. The Morgan fingerprint density at radius 2 is 1.71 bits per heavy atom. The average molecular weight is 765 g/mol. The largest absolute Gasteiger partial charge is 0.497 e. The number of rotatable bonds is 9. The zero-order valence-electron chi connectivity index (χ0n) is 25.8. The molecule has 0 fully saturated rings. The molecule has 0 saturated carbocycles. The molecule has 14 heteroatoms. The molecule has 0 aliphatic rings. The predicted octanol–water partition coefficient (Wildman–Crippen LogP) is 6.31. The lowest BCUT2D eigenvalue weighted by Crippen LogP contribution is -2.42. The fourth-order valence-electron chi connectivity index (χ4n) is 5.02. The van der Waals surface area contributed by atoms with Crippen molar-refractivity contribution in [3.8, 4) is 22.9 Å². The Labute approximate surface area is 285 Å². The van der Waals surface area contributed by atoms with Crippen LogP contribution in [-0.2, 0) is 6.54 Å². The monoisotopic (exact) mass is 764 g/mol. The molecule has 244 valence electrons. The maximum atomic E-state index is 15.4. The second-order valence-corrected chi connectivity index (χ2v) is 12.0. The van der Waals surface area contributed by atoms with Crippen molar-refractivity contribution in [2.75, 3.05) is 12.4 Å². The lowest BCUT2D eigenvalue weighted by Gasteiger charge is -2.16. The third-order valence-electron chi connectivity index (χ3n) is 7.45. The molecule has 0 bridgehead atoms. The van der Waals surface area contributed by atoms with Crippen LogP contribution in [0.4, 0.5) is 14.5 Å². The van der Waals surface area contributed by atoms with Crippen LogP contribution in [0.25, 0.3) is 16.7 Å². The van der Waals surface area contributed by atoms with E-state index >= 15 is 4.39 Å². The zero-order valence-corrected chi connectivity index (χ0v) is 27.9. The summed E-state index contributed by atoms with van der Waals surface area (Å²) in [6.45, 7) is 3.85. The van der Waals surface area contributed by atoms with E-state index in [1.807, 2.05) is 24.3 Å². The minimum atomic E-state index is -0.912. The molecule has 0 aliphatic heterocycles. The fourth-order valence-corrected chi connectivity index (χ4v) is 5.79. The van der Waals surface area contributed by atoms with Crippen molar-refractivity contribution in [1.29, 1.82) is 0 Å². The molecule has 11 nitrogen and oxygen atoms in total. The van der Waals surface area contributed by atoms with Gasteiger partial charge in [0.25, 0.3) is 11.5 Å². The van der Waals surface area contributed by atoms with Crippen molar-refractivity contribution < 1.29 is 23.0 Å². The third-order valence-corrected chi connectivity index (χ3v) is 8.21. The van der Waals surface area contributed by atoms with Gasteiger partial charge in [0.2, 0.25) is 0 Å². The normalized spacial score (nSPS) is 11.2. The van der Waals surface area contributed by atoms with Crippen LogP contribution in [0.2, 0.25) is 0 Å². The number of pyridine rings is 1. The maximum absolute atomic E-state index is 15.4. The van der Waals surface area contributed by atoms with Gasteiger partial charge < -0.3 is 14.8 Å². The van der Waals surface area contributed by atoms with Gasteiger partial charge in [-0.25, -0.2) is 27.8 Å². The first kappa shape index (κ1) is 32.6. The van der Waals surface area contributed by atoms with Gasteiger partial charge in [-0.3, -0.25) is 14.2 Å². The Kier molecular flexibility index (Phi) is 9.08. The van der Waals surface area contributed by atoms with Gasteiger partial charge in [0.15, 0.2) is 17.2 Å². The van der Waals surface area contributed by atoms with E-state index in [2.05, 4.69) is 38.0 Å². The summed E-state index contributed by atoms with van der Waals surface area (Å²) in [5.41, 5.74) is -0.316. The summed E-state index contributed by atoms with van der Waals surface area (Å²) in [6.07, 6.45) is 2.70. The highest BCUT2D eigenvalue weighted by Crippen LogP contribution is 2.34. The standard InChI is InChI=1S/C34H27F2IN6O5/c1-19(2)41-18-25(33(45)43(34(41)46)23-9-6-21(35)7-10-23)32(44)39-22-8-13-27(26(36)16-22)48-28-14-15-38-31-29(28)30(37)40-42(31)17-20-4-11-24(47-3)12-5-20/h4-16,18-19H,17H2,1-3H3,(H,39,44). The second-order valence-electron chi connectivity index (χ2n) is 10.9. The molecule has 0 aliphatic carbocycles. The van der Waals surface area contributed by atoms with E-state index in [-0.39, 0.29) is 22.7 Å². The molecule has 3 heterocycles. The highest BCUT2D eigenvalue weighted by Gasteiger charge is 2.21. The topological polar surface area (TPSA) is 122 Å². The number of halogens is 3. The van der Waals surface area contributed by atoms with Gasteiger partial charge in [0.1, 0.15) is 26.6 Å². The van der Waals surface area contributed by atoms with Crippen molar-refractivity contribution in [3.05, 3.63) is 132 Å². The molecule has 0 unspecified atom stereocenters. The smallest absolute Gasteiger partial charge is 0.335 e. The number of methoxy groups -OCH3 is 1. The van der Waals surface area contributed by atoms with Crippen LogP contribution in [0.15, 0.2) is 94.8 Å². The molecular weight excluding hydrogens is 737 g/mol. The molecule has 6 aromatic rings. The van der Waals surface area contributed by atoms with Crippen LogP contribution in [-0.4, -0.2) is 36.9 Å². The summed E-state index contributed by atoms with van der Waals surface area (Å²) in [7, 11) is 1.60. The number of hydrogen-bond donors (Lipinski definition) is 1. The highest BCUT2D eigenvalue weighted by molar-refractivity contribution is 14.1. The molecule has 3 aromatic heterocycles. The van der Waals surface area contributed by atoms with Crippen LogP contribution >= 0.6 is 22.6 Å². The lowest BCUT2D eigenvalue weighted by molar-refractivity contribution is 0.102. The van der Waals surface area contributed by atoms with Crippen LogP contribution in [0.3, 0.4) is 0 Å². The number of hydrogen-bond acceptors (Lipinski definition) is 7. The third kappa shape index (κ3) is 6.43. The predicted molar refractivity (Wildman–Crippen MR) is 183 cm³/mol. The summed E-state index contributed by atoms with van der Waals surface area (Å²) in [6, 6.07) is 17.3. The van der Waals surface area contributed by atoms with Gasteiger partial charge in [0, 0.05) is 36.3 Å². The van der Waals surface area contributed by atoms with Gasteiger partial charge in [-0.05, 0) is 90.5 Å². The van der Waals surface area contributed by atoms with Crippen LogP contribution in [0.5, 0.6) is 17.2 Å². The molecule has 0 atom stereocenters. The van der Waals surface area contributed by atoms with E-state index in [9.17, 15) is 18.8 Å². The van der Waals surface area contributed by atoms with Gasteiger partial charge in [-0.1, -0.05) is 12.1 Å². The number of fused-ring (bicyclic) bond motifs is 1. The van der Waals surface area contributed by atoms with Crippen molar-refractivity contribution in [2.24, 2.45) is 0 Å². The summed E-state index contributed by atoms with van der Waals surface area (Å²) >= 11 is 2.07. The molecular formula is C34H27F2IN6O5. The average Bonchev–Trinajstić information content (AvgIpc) is 3.38. The Hall–Kier alpha value is -5.38. The first-order valence-corrected chi connectivity index (χ1v) is 15.7. The molecule has 0 saturated heterocycles. The minimum Gasteiger partial charge on any atom is -0.497 e. The SMILES string of the molecule is COc1ccc(Cn2nc(I)c3c(Oc4ccc(NC(=O)c5cn(C(C)C)c(=O)n(-c6ccc(F)cc6)c5=O)cc4F)ccnc32)cc1. The van der Waals surface area contributed by atoms with Crippen LogP contribution < -0.4 is 26.0 Å². The first-order valence-electron chi connectivity index (χ1n) is 14.6. The van der Waals surface area contributed by atoms with Gasteiger partial charge in [0.05, 0.1) is 24.7 Å². The number of benzene rings is 3. The van der Waals surface area contributed by atoms with Crippen molar-refractivity contribution >= 4 is 45.2 Å². The number of carbonyl (C=O) groups is 1. The van der Waals surface area contributed by atoms with E-state index in [1.165, 1.54) is 28.8 Å². The summed E-state index contributed by atoms with van der Waals surface area (Å²) in [5, 5.41) is 7.73. The van der Waals surface area contributed by atoms with E-state index in [0.717, 1.165) is 40.3 Å². The quantitative estimate of drug-likeness (QED) is 0.171. The van der Waals surface area contributed by atoms with E-state index < -0.39 is 34.8 Å². The maximum Gasteiger partial charge on any atom is 0.335 e. The van der Waals surface area contributed by atoms with Crippen LogP contribution in [0.1, 0.15) is 35.8 Å². The molecule has 48 heavy (non-hydrogen) atoms. The van der Waals surface area contributed by atoms with Gasteiger partial charge in [-0.2, -0.15) is 5.10 Å². The lowest BCUT2D eigenvalue weighted by atomic mass is 10.2. The van der Waals surface area contributed by atoms with Crippen LogP contribution in [0, 0.1) is 15.3 Å². The van der Waals surface area contributed by atoms with Gasteiger partial charge >= 0.3 is 5.69 Å². The Bertz CT molecular complexity index is 2280. The summed E-state index contributed by atoms with van der Waals surface area (Å²) in [5.74, 6) is -1.25. The molecule has 1 N–H and O–H groups in total. The summed E-state index contributed by atoms with van der Waals surface area (Å²) < 4.78 is 44.5. The Morgan fingerprint density at radius 1 is 0.979 bits per heavy atom. The fraction of sp³-hybridized carbons (Fsp3) is 0.147. The van der Waals surface area contributed by atoms with E-state index in [1.54, 1.807) is 37.9 Å². The number of nitrogens with one attached hydrogen (secondary N) is 1. The number of anilines is 1. The number of aromatic nitrogens is 5. The molecule has 1 amide bonds. The molecule has 6 rings (SSSR count). The second kappa shape index (κ2) is 13.4. The Balaban J connectivity index is 1.26. The number of amides is 1. The summed E-state index contributed by atoms with van der Waals surface area (Å²) in [4.78, 5) is 44.3. The molecule has 0 spiro atoms. The van der Waals surface area contributed by atoms with Gasteiger partial charge in [-0.15, -0.1) is 0 Å². The van der Waals surface area contributed by atoms with Crippen molar-refractivity contribution in [2.45, 2.75) is 26.4 Å². The first-order chi connectivity index (χ1) is 23.0. The zero-order chi connectivity index (χ0) is 34.1. The van der Waals surface area contributed by atoms with Crippen molar-refractivity contribution in [3.63, 3.8) is 0 Å². The van der Waals surface area contributed by atoms with E-state index in [4.69, 9.17) is 9.47 Å². The molecule has 3 aromatic carbocycles. The molecule has 0 radical (unpaired) electrons. The number of ether oxygens (including phenoxy) is 2. The van der Waals surface area contributed by atoms with E-state index in [0.29, 0.717) is 27.0 Å².